The lowest BCUT2D eigenvalue weighted by Crippen LogP contribution is -2.52. The zero-order chi connectivity index (χ0) is 32.2. The first-order valence-electron chi connectivity index (χ1n) is 15.2. The molecule has 0 aliphatic carbocycles. The molecule has 1 aromatic heterocycles. The van der Waals surface area contributed by atoms with E-state index in [0.717, 1.165) is 49.9 Å². The maximum absolute atomic E-state index is 13.6. The second-order valence-corrected chi connectivity index (χ2v) is 11.9. The summed E-state index contributed by atoms with van der Waals surface area (Å²) < 4.78 is 80.7. The van der Waals surface area contributed by atoms with Crippen LogP contribution < -0.4 is 10.6 Å². The summed E-state index contributed by atoms with van der Waals surface area (Å²) in [6.45, 7) is 2.90. The van der Waals surface area contributed by atoms with E-state index in [1.807, 2.05) is 29.2 Å². The van der Waals surface area contributed by atoms with Gasteiger partial charge in [-0.15, -0.1) is 0 Å². The maximum Gasteiger partial charge on any atom is 0.416 e. The van der Waals surface area contributed by atoms with Crippen molar-refractivity contribution in [1.29, 1.82) is 0 Å². The summed E-state index contributed by atoms with van der Waals surface area (Å²) in [5.74, 6) is -1.22. The van der Waals surface area contributed by atoms with E-state index in [2.05, 4.69) is 20.5 Å². The Morgan fingerprint density at radius 2 is 1.60 bits per heavy atom. The number of rotatable bonds is 9. The largest absolute Gasteiger partial charge is 0.416 e. The van der Waals surface area contributed by atoms with Crippen LogP contribution in [0, 0.1) is 0 Å². The Morgan fingerprint density at radius 1 is 0.889 bits per heavy atom. The van der Waals surface area contributed by atoms with Gasteiger partial charge in [-0.1, -0.05) is 24.6 Å². The van der Waals surface area contributed by atoms with Crippen molar-refractivity contribution in [3.8, 4) is 0 Å². The third kappa shape index (κ3) is 8.37. The van der Waals surface area contributed by atoms with Crippen molar-refractivity contribution in [2.75, 3.05) is 32.7 Å². The first kappa shape index (κ1) is 32.8. The standard InChI is InChI=1S/C32H37F6N5O2/c33-31(34,35)23-8-9-26(32(36,37)38)22(16-23)19-40-30(45)28(17-21-18-39-27-7-3-2-6-25(21)27)41-29(44)20-42-14-10-24(11-15-42)43-12-4-1-5-13-43/h2-3,6-9,16,18,24,28,39H,1,4-5,10-15,17,19-20H2,(H,40,45)(H,41,44). The van der Waals surface area contributed by atoms with Crippen molar-refractivity contribution in [3.63, 3.8) is 0 Å². The van der Waals surface area contributed by atoms with Gasteiger partial charge in [0.15, 0.2) is 0 Å². The van der Waals surface area contributed by atoms with Crippen molar-refractivity contribution < 1.29 is 35.9 Å². The Balaban J connectivity index is 1.28. The molecule has 13 heteroatoms. The highest BCUT2D eigenvalue weighted by atomic mass is 19.4. The van der Waals surface area contributed by atoms with E-state index in [1.165, 1.54) is 19.3 Å². The number of hydrogen-bond donors (Lipinski definition) is 3. The fraction of sp³-hybridized carbons (Fsp3) is 0.500. The summed E-state index contributed by atoms with van der Waals surface area (Å²) in [6.07, 6.45) is -2.55. The maximum atomic E-state index is 13.6. The van der Waals surface area contributed by atoms with Gasteiger partial charge in [-0.25, -0.2) is 0 Å². The average molecular weight is 638 g/mol. The molecule has 0 spiro atoms. The zero-order valence-corrected chi connectivity index (χ0v) is 24.7. The Hall–Kier alpha value is -3.58. The number of carbonyl (C=O) groups excluding carboxylic acids is 2. The number of fused-ring (bicyclic) bond motifs is 1. The topological polar surface area (TPSA) is 80.5 Å². The molecule has 2 aliphatic rings. The van der Waals surface area contributed by atoms with Crippen molar-refractivity contribution in [1.82, 2.24) is 25.4 Å². The molecule has 5 rings (SSSR count). The fourth-order valence-corrected chi connectivity index (χ4v) is 6.40. The number of benzene rings is 2. The second kappa shape index (κ2) is 13.8. The molecule has 2 aromatic carbocycles. The van der Waals surface area contributed by atoms with Crippen LogP contribution in [0.1, 0.15) is 54.4 Å². The number of aromatic amines is 1. The molecule has 0 saturated carbocycles. The normalized spacial score (nSPS) is 18.2. The van der Waals surface area contributed by atoms with E-state index in [9.17, 15) is 35.9 Å². The molecule has 1 atom stereocenters. The van der Waals surface area contributed by atoms with Gasteiger partial charge in [0.05, 0.1) is 17.7 Å². The van der Waals surface area contributed by atoms with Crippen LogP contribution in [0.15, 0.2) is 48.7 Å². The third-order valence-corrected chi connectivity index (χ3v) is 8.77. The Labute approximate surface area is 257 Å². The molecule has 3 aromatic rings. The number of nitrogens with one attached hydrogen (secondary N) is 3. The number of amides is 2. The molecular formula is C32H37F6N5O2. The SMILES string of the molecule is O=C(CN1CCC(N2CCCCC2)CC1)NC(Cc1c[nH]c2ccccc12)C(=O)NCc1cc(C(F)(F)F)ccc1C(F)(F)F. The van der Waals surface area contributed by atoms with Gasteiger partial charge in [0.1, 0.15) is 6.04 Å². The molecule has 0 radical (unpaired) electrons. The minimum absolute atomic E-state index is 0.0212. The molecule has 2 aliphatic heterocycles. The lowest BCUT2D eigenvalue weighted by Gasteiger charge is -2.40. The van der Waals surface area contributed by atoms with Gasteiger partial charge in [-0.2, -0.15) is 26.3 Å². The smallest absolute Gasteiger partial charge is 0.361 e. The third-order valence-electron chi connectivity index (χ3n) is 8.77. The minimum Gasteiger partial charge on any atom is -0.361 e. The van der Waals surface area contributed by atoms with E-state index in [1.54, 1.807) is 6.20 Å². The van der Waals surface area contributed by atoms with Gasteiger partial charge in [-0.05, 0) is 74.2 Å². The van der Waals surface area contributed by atoms with E-state index < -0.39 is 53.4 Å². The number of aromatic nitrogens is 1. The quantitative estimate of drug-likeness (QED) is 0.271. The molecule has 3 heterocycles. The average Bonchev–Trinajstić information content (AvgIpc) is 3.42. The summed E-state index contributed by atoms with van der Waals surface area (Å²) in [6, 6.07) is 7.75. The van der Waals surface area contributed by atoms with Crippen LogP contribution in [0.4, 0.5) is 26.3 Å². The van der Waals surface area contributed by atoms with Crippen molar-refractivity contribution >= 4 is 22.7 Å². The predicted octanol–water partition coefficient (Wildman–Crippen LogP) is 5.50. The lowest BCUT2D eigenvalue weighted by atomic mass is 10.00. The van der Waals surface area contributed by atoms with Crippen LogP contribution in [0.5, 0.6) is 0 Å². The van der Waals surface area contributed by atoms with Gasteiger partial charge in [0, 0.05) is 49.2 Å². The van der Waals surface area contributed by atoms with Crippen molar-refractivity contribution in [2.24, 2.45) is 0 Å². The van der Waals surface area contributed by atoms with E-state index in [0.29, 0.717) is 29.8 Å². The van der Waals surface area contributed by atoms with Gasteiger partial charge >= 0.3 is 12.4 Å². The summed E-state index contributed by atoms with van der Waals surface area (Å²) >= 11 is 0. The molecule has 45 heavy (non-hydrogen) atoms. The summed E-state index contributed by atoms with van der Waals surface area (Å²) in [7, 11) is 0. The van der Waals surface area contributed by atoms with E-state index >= 15 is 0 Å². The van der Waals surface area contributed by atoms with Crippen molar-refractivity contribution in [3.05, 3.63) is 70.9 Å². The number of nitrogens with zero attached hydrogens (tertiary/aromatic N) is 2. The first-order valence-corrected chi connectivity index (χ1v) is 15.2. The van der Waals surface area contributed by atoms with Crippen LogP contribution in [0.3, 0.4) is 0 Å². The van der Waals surface area contributed by atoms with E-state index in [4.69, 9.17) is 0 Å². The number of piperidine rings is 2. The highest BCUT2D eigenvalue weighted by Crippen LogP contribution is 2.36. The number of H-pyrrole nitrogens is 1. The van der Waals surface area contributed by atoms with Gasteiger partial charge in [-0.3, -0.25) is 14.5 Å². The zero-order valence-electron chi connectivity index (χ0n) is 24.7. The Morgan fingerprint density at radius 3 is 2.29 bits per heavy atom. The molecule has 2 saturated heterocycles. The molecule has 1 unspecified atom stereocenters. The monoisotopic (exact) mass is 637 g/mol. The Bertz CT molecular complexity index is 1470. The highest BCUT2D eigenvalue weighted by molar-refractivity contribution is 5.90. The number of para-hydroxylation sites is 1. The van der Waals surface area contributed by atoms with Crippen molar-refractivity contribution in [2.45, 2.75) is 69.5 Å². The van der Waals surface area contributed by atoms with Gasteiger partial charge < -0.3 is 20.5 Å². The lowest BCUT2D eigenvalue weighted by molar-refractivity contribution is -0.142. The summed E-state index contributed by atoms with van der Waals surface area (Å²) in [5, 5.41) is 5.90. The number of alkyl halides is 6. The molecule has 3 N–H and O–H groups in total. The van der Waals surface area contributed by atoms with Gasteiger partial charge in [0.2, 0.25) is 11.8 Å². The first-order chi connectivity index (χ1) is 21.4. The summed E-state index contributed by atoms with van der Waals surface area (Å²) in [5.41, 5.74) is -1.76. The molecule has 2 amide bonds. The molecule has 2 fully saturated rings. The minimum atomic E-state index is -4.93. The van der Waals surface area contributed by atoms with Crippen LogP contribution in [-0.2, 0) is 34.9 Å². The number of hydrogen-bond acceptors (Lipinski definition) is 4. The molecule has 0 bridgehead atoms. The van der Waals surface area contributed by atoms with Crippen LogP contribution in [-0.4, -0.2) is 71.4 Å². The number of halogens is 6. The molecular weight excluding hydrogens is 600 g/mol. The molecule has 7 nitrogen and oxygen atoms in total. The van der Waals surface area contributed by atoms with Gasteiger partial charge in [0.25, 0.3) is 0 Å². The second-order valence-electron chi connectivity index (χ2n) is 11.9. The fourth-order valence-electron chi connectivity index (χ4n) is 6.40. The van der Waals surface area contributed by atoms with Crippen LogP contribution in [0.25, 0.3) is 10.9 Å². The number of likely N-dealkylation sites (tertiary alicyclic amines) is 2. The van der Waals surface area contributed by atoms with Crippen LogP contribution in [0.2, 0.25) is 0 Å². The molecule has 244 valence electrons. The van der Waals surface area contributed by atoms with Crippen LogP contribution >= 0.6 is 0 Å². The Kier molecular flexibility index (Phi) is 10.1. The van der Waals surface area contributed by atoms with E-state index in [-0.39, 0.29) is 13.0 Å². The predicted molar refractivity (Wildman–Crippen MR) is 157 cm³/mol. The number of carbonyl (C=O) groups is 2. The highest BCUT2D eigenvalue weighted by Gasteiger charge is 2.37. The summed E-state index contributed by atoms with van der Waals surface area (Å²) in [4.78, 5) is 34.2.